The van der Waals surface area contributed by atoms with Gasteiger partial charge in [-0.05, 0) is 43.3 Å². The number of sulfonamides is 1. The van der Waals surface area contributed by atoms with Gasteiger partial charge in [0, 0.05) is 10.2 Å². The third-order valence-electron chi connectivity index (χ3n) is 3.29. The maximum Gasteiger partial charge on any atom is 0.232 e. The molecule has 0 atom stereocenters. The topological polar surface area (TPSA) is 64.0 Å². The lowest BCUT2D eigenvalue weighted by Crippen LogP contribution is -2.14. The minimum atomic E-state index is -3.29. The summed E-state index contributed by atoms with van der Waals surface area (Å²) in [7, 11) is -3.29. The molecule has 3 rings (SSSR count). The van der Waals surface area contributed by atoms with Gasteiger partial charge < -0.3 is 0 Å². The second-order valence-corrected chi connectivity index (χ2v) is 7.73. The molecule has 0 aliphatic heterocycles. The van der Waals surface area contributed by atoms with Gasteiger partial charge in [-0.3, -0.25) is 9.29 Å². The summed E-state index contributed by atoms with van der Waals surface area (Å²) in [6, 6.07) is 13.1. The Balaban J connectivity index is 2.06. The number of benzene rings is 2. The summed E-state index contributed by atoms with van der Waals surface area (Å²) < 4.78 is 28.8. The monoisotopic (exact) mass is 379 g/mol. The Hall–Kier alpha value is -1.86. The molecule has 7 heteroatoms. The van der Waals surface area contributed by atoms with Crippen LogP contribution >= 0.6 is 15.9 Å². The van der Waals surface area contributed by atoms with Crippen LogP contribution < -0.4 is 4.72 Å². The third-order valence-corrected chi connectivity index (χ3v) is 5.09. The van der Waals surface area contributed by atoms with E-state index < -0.39 is 10.0 Å². The molecule has 1 heterocycles. The number of aromatic nitrogens is 2. The number of hydrogen-bond donors (Lipinski definition) is 1. The average molecular weight is 380 g/mol. The second kappa shape index (κ2) is 5.73. The summed E-state index contributed by atoms with van der Waals surface area (Å²) in [4.78, 5) is 4.36. The van der Waals surface area contributed by atoms with Crippen molar-refractivity contribution in [1.82, 2.24) is 9.55 Å². The highest BCUT2D eigenvalue weighted by atomic mass is 79.9. The predicted molar refractivity (Wildman–Crippen MR) is 91.9 cm³/mol. The molecular weight excluding hydrogens is 366 g/mol. The predicted octanol–water partition coefficient (Wildman–Crippen LogP) is 3.55. The zero-order valence-corrected chi connectivity index (χ0v) is 14.2. The van der Waals surface area contributed by atoms with E-state index in [0.29, 0.717) is 5.69 Å². The van der Waals surface area contributed by atoms with Crippen LogP contribution in [0.1, 0.15) is 6.92 Å². The van der Waals surface area contributed by atoms with Gasteiger partial charge in [0.25, 0.3) is 0 Å². The quantitative estimate of drug-likeness (QED) is 0.753. The Kier molecular flexibility index (Phi) is 3.92. The van der Waals surface area contributed by atoms with Gasteiger partial charge in [-0.25, -0.2) is 13.4 Å². The standard InChI is InChI=1S/C15H14BrN3O2S/c1-2-22(20,21)18-12-4-3-5-13(9-12)19-10-17-14-7-6-11(16)8-15(14)19/h3-10,18H,2H2,1H3. The first-order valence-electron chi connectivity index (χ1n) is 6.72. The number of halogens is 1. The van der Waals surface area contributed by atoms with E-state index in [1.165, 1.54) is 0 Å². The van der Waals surface area contributed by atoms with E-state index in [4.69, 9.17) is 0 Å². The molecule has 5 nitrogen and oxygen atoms in total. The molecule has 0 aliphatic carbocycles. The molecule has 0 unspecified atom stereocenters. The largest absolute Gasteiger partial charge is 0.299 e. The van der Waals surface area contributed by atoms with E-state index in [-0.39, 0.29) is 5.75 Å². The molecule has 0 saturated heterocycles. The highest BCUT2D eigenvalue weighted by Crippen LogP contribution is 2.23. The number of anilines is 1. The molecular formula is C15H14BrN3O2S. The lowest BCUT2D eigenvalue weighted by molar-refractivity contribution is 0.602. The Morgan fingerprint density at radius 2 is 2.05 bits per heavy atom. The van der Waals surface area contributed by atoms with E-state index in [1.807, 2.05) is 34.9 Å². The van der Waals surface area contributed by atoms with E-state index in [0.717, 1.165) is 21.2 Å². The number of nitrogens with one attached hydrogen (secondary N) is 1. The maximum absolute atomic E-state index is 11.7. The van der Waals surface area contributed by atoms with Crippen LogP contribution in [0, 0.1) is 0 Å². The fourth-order valence-corrected chi connectivity index (χ4v) is 3.14. The Bertz CT molecular complexity index is 935. The molecule has 0 amide bonds. The highest BCUT2D eigenvalue weighted by Gasteiger charge is 2.09. The minimum Gasteiger partial charge on any atom is -0.299 e. The Labute approximate surface area is 137 Å². The molecule has 1 aromatic heterocycles. The molecule has 22 heavy (non-hydrogen) atoms. The van der Waals surface area contributed by atoms with E-state index >= 15 is 0 Å². The zero-order valence-electron chi connectivity index (χ0n) is 11.8. The van der Waals surface area contributed by atoms with Crippen LogP contribution in [-0.4, -0.2) is 23.7 Å². The number of rotatable bonds is 4. The van der Waals surface area contributed by atoms with E-state index in [1.54, 1.807) is 25.4 Å². The summed E-state index contributed by atoms with van der Waals surface area (Å²) in [5.74, 6) is 0.0399. The molecule has 0 radical (unpaired) electrons. The van der Waals surface area contributed by atoms with Gasteiger partial charge in [0.15, 0.2) is 0 Å². The third kappa shape index (κ3) is 3.00. The number of imidazole rings is 1. The van der Waals surface area contributed by atoms with Gasteiger partial charge >= 0.3 is 0 Å². The van der Waals surface area contributed by atoms with Crippen LogP contribution in [0.15, 0.2) is 53.3 Å². The summed E-state index contributed by atoms with van der Waals surface area (Å²) in [5, 5.41) is 0. The smallest absolute Gasteiger partial charge is 0.232 e. The average Bonchev–Trinajstić information content (AvgIpc) is 2.90. The van der Waals surface area contributed by atoms with Crippen LogP contribution in [0.5, 0.6) is 0 Å². The van der Waals surface area contributed by atoms with Gasteiger partial charge in [0.05, 0.1) is 22.5 Å². The zero-order chi connectivity index (χ0) is 15.7. The SMILES string of the molecule is CCS(=O)(=O)Nc1cccc(-n2cnc3ccc(Br)cc32)c1. The van der Waals surface area contributed by atoms with Crippen molar-refractivity contribution in [2.24, 2.45) is 0 Å². The summed E-state index contributed by atoms with van der Waals surface area (Å²) in [6.07, 6.45) is 1.73. The van der Waals surface area contributed by atoms with Crippen molar-refractivity contribution in [3.8, 4) is 5.69 Å². The van der Waals surface area contributed by atoms with Crippen molar-refractivity contribution in [3.05, 3.63) is 53.3 Å². The van der Waals surface area contributed by atoms with Gasteiger partial charge in [-0.15, -0.1) is 0 Å². The van der Waals surface area contributed by atoms with Crippen molar-refractivity contribution >= 4 is 42.7 Å². The Morgan fingerprint density at radius 1 is 1.23 bits per heavy atom. The number of fused-ring (bicyclic) bond motifs is 1. The fraction of sp³-hybridized carbons (Fsp3) is 0.133. The summed E-state index contributed by atoms with van der Waals surface area (Å²) in [6.45, 7) is 1.60. The molecule has 114 valence electrons. The first-order chi connectivity index (χ1) is 10.5. The van der Waals surface area contributed by atoms with E-state index in [2.05, 4.69) is 25.6 Å². The Morgan fingerprint density at radius 3 is 2.82 bits per heavy atom. The summed E-state index contributed by atoms with van der Waals surface area (Å²) in [5.41, 5.74) is 3.21. The first kappa shape index (κ1) is 15.1. The molecule has 0 bridgehead atoms. The number of hydrogen-bond acceptors (Lipinski definition) is 3. The minimum absolute atomic E-state index is 0.0399. The lowest BCUT2D eigenvalue weighted by atomic mass is 10.2. The van der Waals surface area contributed by atoms with Gasteiger partial charge in [-0.1, -0.05) is 22.0 Å². The van der Waals surface area contributed by atoms with Crippen molar-refractivity contribution in [3.63, 3.8) is 0 Å². The molecule has 3 aromatic rings. The highest BCUT2D eigenvalue weighted by molar-refractivity contribution is 9.10. The first-order valence-corrected chi connectivity index (χ1v) is 9.16. The van der Waals surface area contributed by atoms with Crippen molar-refractivity contribution in [2.45, 2.75) is 6.92 Å². The van der Waals surface area contributed by atoms with Crippen LogP contribution in [0.25, 0.3) is 16.7 Å². The normalized spacial score (nSPS) is 11.7. The van der Waals surface area contributed by atoms with Crippen molar-refractivity contribution < 1.29 is 8.42 Å². The molecule has 0 spiro atoms. The molecule has 0 fully saturated rings. The lowest BCUT2D eigenvalue weighted by Gasteiger charge is -2.09. The molecule has 0 aliphatic rings. The van der Waals surface area contributed by atoms with Crippen molar-refractivity contribution in [2.75, 3.05) is 10.5 Å². The van der Waals surface area contributed by atoms with Gasteiger partial charge in [-0.2, -0.15) is 0 Å². The van der Waals surface area contributed by atoms with Crippen molar-refractivity contribution in [1.29, 1.82) is 0 Å². The van der Waals surface area contributed by atoms with Crippen LogP contribution in [0.4, 0.5) is 5.69 Å². The van der Waals surface area contributed by atoms with Gasteiger partial charge in [0.1, 0.15) is 6.33 Å². The van der Waals surface area contributed by atoms with E-state index in [9.17, 15) is 8.42 Å². The van der Waals surface area contributed by atoms with Crippen LogP contribution in [0.2, 0.25) is 0 Å². The van der Waals surface area contributed by atoms with Gasteiger partial charge in [0.2, 0.25) is 10.0 Å². The van der Waals surface area contributed by atoms with Crippen LogP contribution in [0.3, 0.4) is 0 Å². The fourth-order valence-electron chi connectivity index (χ4n) is 2.16. The second-order valence-electron chi connectivity index (χ2n) is 4.80. The molecule has 1 N–H and O–H groups in total. The van der Waals surface area contributed by atoms with Crippen LogP contribution in [-0.2, 0) is 10.0 Å². The summed E-state index contributed by atoms with van der Waals surface area (Å²) >= 11 is 3.45. The molecule has 0 saturated carbocycles. The molecule has 2 aromatic carbocycles. The maximum atomic E-state index is 11.7. The number of nitrogens with zero attached hydrogens (tertiary/aromatic N) is 2.